The number of hydrogen-bond donors (Lipinski definition) is 2. The Kier molecular flexibility index (Phi) is 7.13. The predicted molar refractivity (Wildman–Crippen MR) is 66.6 cm³/mol. The van der Waals surface area contributed by atoms with E-state index in [0.717, 1.165) is 18.9 Å². The maximum atomic E-state index is 5.47. The molecule has 3 N–H and O–H groups in total. The fourth-order valence-corrected chi connectivity index (χ4v) is 1.35. The molecule has 0 aliphatic carbocycles. The first-order valence-corrected chi connectivity index (χ1v) is 5.76. The summed E-state index contributed by atoms with van der Waals surface area (Å²) in [6, 6.07) is 0.469. The summed E-state index contributed by atoms with van der Waals surface area (Å²) in [5.41, 5.74) is 2.67. The van der Waals surface area contributed by atoms with Gasteiger partial charge < -0.3 is 4.90 Å². The van der Waals surface area contributed by atoms with E-state index in [1.54, 1.807) is 0 Å². The highest BCUT2D eigenvalue weighted by Crippen LogP contribution is 2.04. The predicted octanol–water partition coefficient (Wildman–Crippen LogP) is 1.58. The number of hydrogen-bond acceptors (Lipinski definition) is 2. The van der Waals surface area contributed by atoms with E-state index < -0.39 is 0 Å². The molecule has 0 heterocycles. The first-order valence-electron chi connectivity index (χ1n) is 5.76. The maximum absolute atomic E-state index is 5.47. The minimum absolute atomic E-state index is 0.469. The van der Waals surface area contributed by atoms with Gasteiger partial charge in [-0.1, -0.05) is 27.2 Å². The normalized spacial score (nSPS) is 14.2. The van der Waals surface area contributed by atoms with E-state index >= 15 is 0 Å². The minimum Gasteiger partial charge on any atom is -0.342 e. The van der Waals surface area contributed by atoms with Gasteiger partial charge in [-0.2, -0.15) is 0 Å². The molecule has 0 saturated carbocycles. The molecule has 0 spiro atoms. The molecular formula is C11H26N4. The van der Waals surface area contributed by atoms with Crippen LogP contribution in [0, 0.1) is 5.92 Å². The molecule has 0 aromatic carbocycles. The zero-order valence-electron chi connectivity index (χ0n) is 10.7. The lowest BCUT2D eigenvalue weighted by molar-refractivity contribution is 0.354. The van der Waals surface area contributed by atoms with Crippen molar-refractivity contribution in [1.29, 1.82) is 0 Å². The Balaban J connectivity index is 4.31. The van der Waals surface area contributed by atoms with Gasteiger partial charge in [0.25, 0.3) is 0 Å². The second-order valence-corrected chi connectivity index (χ2v) is 4.45. The number of guanidine groups is 1. The van der Waals surface area contributed by atoms with Crippen LogP contribution in [0.3, 0.4) is 0 Å². The van der Waals surface area contributed by atoms with Crippen molar-refractivity contribution < 1.29 is 0 Å². The molecule has 0 saturated heterocycles. The van der Waals surface area contributed by atoms with Crippen molar-refractivity contribution >= 4 is 5.96 Å². The van der Waals surface area contributed by atoms with Crippen LogP contribution in [0.4, 0.5) is 0 Å². The van der Waals surface area contributed by atoms with Gasteiger partial charge in [-0.05, 0) is 19.3 Å². The van der Waals surface area contributed by atoms with Crippen molar-refractivity contribution in [3.05, 3.63) is 0 Å². The number of nitrogens with two attached hydrogens (primary N) is 1. The molecule has 0 rings (SSSR count). The molecule has 15 heavy (non-hydrogen) atoms. The molecule has 0 fully saturated rings. The summed E-state index contributed by atoms with van der Waals surface area (Å²) in [7, 11) is 2.03. The quantitative estimate of drug-likeness (QED) is 0.316. The molecule has 0 bridgehead atoms. The summed E-state index contributed by atoms with van der Waals surface area (Å²) >= 11 is 0. The molecule has 4 nitrogen and oxygen atoms in total. The Morgan fingerprint density at radius 1 is 1.40 bits per heavy atom. The number of aliphatic imine (C=N–C) groups is 1. The van der Waals surface area contributed by atoms with Crippen LogP contribution in [0.5, 0.6) is 0 Å². The summed E-state index contributed by atoms with van der Waals surface area (Å²) in [5.74, 6) is 6.81. The molecule has 0 aliphatic rings. The lowest BCUT2D eigenvalue weighted by atomic mass is 10.2. The van der Waals surface area contributed by atoms with Crippen molar-refractivity contribution in [1.82, 2.24) is 10.3 Å². The average molecular weight is 214 g/mol. The molecule has 0 aromatic rings. The molecule has 1 unspecified atom stereocenters. The smallest absolute Gasteiger partial charge is 0.208 e. The van der Waals surface area contributed by atoms with Gasteiger partial charge >= 0.3 is 0 Å². The van der Waals surface area contributed by atoms with Gasteiger partial charge in [-0.3, -0.25) is 10.4 Å². The van der Waals surface area contributed by atoms with Crippen molar-refractivity contribution in [3.8, 4) is 0 Å². The van der Waals surface area contributed by atoms with E-state index in [0.29, 0.717) is 12.0 Å². The zero-order valence-corrected chi connectivity index (χ0v) is 10.7. The first kappa shape index (κ1) is 14.2. The fraction of sp³-hybridized carbons (Fsp3) is 0.909. The number of nitrogens with zero attached hydrogens (tertiary/aromatic N) is 2. The van der Waals surface area contributed by atoms with E-state index in [9.17, 15) is 0 Å². The molecule has 1 atom stereocenters. The van der Waals surface area contributed by atoms with Crippen LogP contribution in [0.2, 0.25) is 0 Å². The lowest BCUT2D eigenvalue weighted by Crippen LogP contribution is -2.46. The monoisotopic (exact) mass is 214 g/mol. The number of hydrazine groups is 1. The van der Waals surface area contributed by atoms with Crippen LogP contribution in [0.15, 0.2) is 4.99 Å². The second-order valence-electron chi connectivity index (χ2n) is 4.45. The molecule has 90 valence electrons. The molecule has 0 aliphatic heterocycles. The molecule has 0 amide bonds. The summed E-state index contributed by atoms with van der Waals surface area (Å²) in [6.45, 7) is 9.47. The summed E-state index contributed by atoms with van der Waals surface area (Å²) in [4.78, 5) is 6.55. The van der Waals surface area contributed by atoms with Crippen LogP contribution in [0.25, 0.3) is 0 Å². The van der Waals surface area contributed by atoms with Crippen LogP contribution in [0.1, 0.15) is 40.5 Å². The number of nitrogens with one attached hydrogen (secondary N) is 1. The largest absolute Gasteiger partial charge is 0.342 e. The van der Waals surface area contributed by atoms with Crippen molar-refractivity contribution in [2.24, 2.45) is 16.8 Å². The molecule has 0 aromatic heterocycles. The van der Waals surface area contributed by atoms with E-state index in [4.69, 9.17) is 5.84 Å². The zero-order chi connectivity index (χ0) is 11.8. The van der Waals surface area contributed by atoms with Crippen molar-refractivity contribution in [2.45, 2.75) is 46.6 Å². The fourth-order valence-electron chi connectivity index (χ4n) is 1.35. The Morgan fingerprint density at radius 3 is 2.40 bits per heavy atom. The second kappa shape index (κ2) is 7.51. The third-order valence-corrected chi connectivity index (χ3v) is 2.44. The van der Waals surface area contributed by atoms with Crippen LogP contribution >= 0.6 is 0 Å². The average Bonchev–Trinajstić information content (AvgIpc) is 2.18. The van der Waals surface area contributed by atoms with Crippen LogP contribution < -0.4 is 11.3 Å². The van der Waals surface area contributed by atoms with Gasteiger partial charge in [0.05, 0.1) is 0 Å². The first-order chi connectivity index (χ1) is 7.02. The van der Waals surface area contributed by atoms with E-state index in [1.807, 2.05) is 7.05 Å². The van der Waals surface area contributed by atoms with Gasteiger partial charge in [0.15, 0.2) is 0 Å². The topological polar surface area (TPSA) is 53.6 Å². The van der Waals surface area contributed by atoms with Gasteiger partial charge in [0, 0.05) is 19.6 Å². The summed E-state index contributed by atoms with van der Waals surface area (Å²) < 4.78 is 0. The van der Waals surface area contributed by atoms with E-state index in [-0.39, 0.29) is 0 Å². The highest BCUT2D eigenvalue weighted by molar-refractivity contribution is 5.79. The van der Waals surface area contributed by atoms with E-state index in [2.05, 4.69) is 43.0 Å². The highest BCUT2D eigenvalue weighted by atomic mass is 15.4. The SMILES string of the molecule is CCCC(C)N(C)C(=NCC(C)C)NN. The van der Waals surface area contributed by atoms with Gasteiger partial charge in [0.1, 0.15) is 0 Å². The Labute approximate surface area is 93.9 Å². The Bertz CT molecular complexity index is 189. The van der Waals surface area contributed by atoms with Crippen LogP contribution in [-0.2, 0) is 0 Å². The number of rotatable bonds is 5. The molecular weight excluding hydrogens is 188 g/mol. The standard InChI is InChI=1S/C11H26N4/c1-6-7-10(4)15(5)11(14-12)13-8-9(2)3/h9-10H,6-8,12H2,1-5H3,(H,13,14). The van der Waals surface area contributed by atoms with Gasteiger partial charge in [0.2, 0.25) is 5.96 Å². The highest BCUT2D eigenvalue weighted by Gasteiger charge is 2.11. The van der Waals surface area contributed by atoms with Gasteiger partial charge in [-0.25, -0.2) is 5.84 Å². The Hall–Kier alpha value is -0.770. The van der Waals surface area contributed by atoms with Crippen LogP contribution in [-0.4, -0.2) is 30.5 Å². The molecule has 0 radical (unpaired) electrons. The third kappa shape index (κ3) is 5.62. The Morgan fingerprint density at radius 2 is 2.00 bits per heavy atom. The minimum atomic E-state index is 0.469. The molecule has 4 heteroatoms. The van der Waals surface area contributed by atoms with Gasteiger partial charge in [-0.15, -0.1) is 0 Å². The van der Waals surface area contributed by atoms with Crippen molar-refractivity contribution in [2.75, 3.05) is 13.6 Å². The lowest BCUT2D eigenvalue weighted by Gasteiger charge is -2.27. The van der Waals surface area contributed by atoms with Crippen molar-refractivity contribution in [3.63, 3.8) is 0 Å². The maximum Gasteiger partial charge on any atom is 0.208 e. The third-order valence-electron chi connectivity index (χ3n) is 2.44. The summed E-state index contributed by atoms with van der Waals surface area (Å²) in [6.07, 6.45) is 2.33. The van der Waals surface area contributed by atoms with E-state index in [1.165, 1.54) is 6.42 Å². The summed E-state index contributed by atoms with van der Waals surface area (Å²) in [5, 5.41) is 0.